The molecule has 0 spiro atoms. The van der Waals surface area contributed by atoms with Gasteiger partial charge in [-0.2, -0.15) is 0 Å². The third-order valence-corrected chi connectivity index (χ3v) is 5.27. The van der Waals surface area contributed by atoms with Crippen LogP contribution in [0.25, 0.3) is 16.8 Å². The van der Waals surface area contributed by atoms with Gasteiger partial charge in [-0.15, -0.1) is 0 Å². The number of cyclic esters (lactones) is 1. The van der Waals surface area contributed by atoms with Crippen molar-refractivity contribution in [3.05, 3.63) is 74.7 Å². The molecule has 4 rings (SSSR count). The number of halogens is 2. The first-order chi connectivity index (χ1) is 11.6. The Hall–Kier alpha value is -2.18. The molecule has 0 unspecified atom stereocenters. The van der Waals surface area contributed by atoms with Gasteiger partial charge in [0.2, 0.25) is 5.90 Å². The van der Waals surface area contributed by atoms with Gasteiger partial charge in [-0.05, 0) is 60.8 Å². The molecule has 0 fully saturated rings. The van der Waals surface area contributed by atoms with Gasteiger partial charge in [0.1, 0.15) is 5.76 Å². The smallest absolute Gasteiger partial charge is 0.363 e. The normalized spacial score (nSPS) is 15.8. The molecule has 4 nitrogen and oxygen atoms in total. The Labute approximate surface area is 154 Å². The second-order valence-corrected chi connectivity index (χ2v) is 6.74. The Bertz CT molecular complexity index is 1010. The van der Waals surface area contributed by atoms with Gasteiger partial charge in [0, 0.05) is 11.6 Å². The Kier molecular flexibility index (Phi) is 3.86. The zero-order valence-electron chi connectivity index (χ0n) is 12.1. The average Bonchev–Trinajstić information content (AvgIpc) is 3.10. The summed E-state index contributed by atoms with van der Waals surface area (Å²) in [5.74, 6) is 0.299. The van der Waals surface area contributed by atoms with Crippen molar-refractivity contribution >= 4 is 60.6 Å². The molecule has 6 heteroatoms. The van der Waals surface area contributed by atoms with E-state index in [1.165, 1.54) is 0 Å². The van der Waals surface area contributed by atoms with Crippen LogP contribution in [0.5, 0.6) is 0 Å². The van der Waals surface area contributed by atoms with E-state index < -0.39 is 5.97 Å². The van der Waals surface area contributed by atoms with Crippen molar-refractivity contribution in [2.45, 2.75) is 0 Å². The lowest BCUT2D eigenvalue weighted by Gasteiger charge is -2.02. The SMILES string of the molecule is O=C1OC(c2ccc3ccccc3c2)=NC1=Cc1cc(Br)c(Br)o1. The van der Waals surface area contributed by atoms with Crippen LogP contribution in [-0.2, 0) is 9.53 Å². The van der Waals surface area contributed by atoms with Crippen LogP contribution in [0, 0.1) is 0 Å². The van der Waals surface area contributed by atoms with Crippen LogP contribution in [0.3, 0.4) is 0 Å². The minimum atomic E-state index is -0.498. The van der Waals surface area contributed by atoms with Crippen LogP contribution in [0.15, 0.2) is 72.8 Å². The average molecular weight is 447 g/mol. The third kappa shape index (κ3) is 2.83. The zero-order chi connectivity index (χ0) is 16.7. The van der Waals surface area contributed by atoms with Crippen molar-refractivity contribution < 1.29 is 13.9 Å². The Morgan fingerprint density at radius 2 is 1.79 bits per heavy atom. The molecule has 0 aliphatic carbocycles. The largest absolute Gasteiger partial charge is 0.449 e. The van der Waals surface area contributed by atoms with E-state index in [2.05, 4.69) is 36.9 Å². The molecular weight excluding hydrogens is 438 g/mol. The monoisotopic (exact) mass is 445 g/mol. The van der Waals surface area contributed by atoms with E-state index in [9.17, 15) is 4.79 Å². The molecule has 0 amide bonds. The highest BCUT2D eigenvalue weighted by Gasteiger charge is 2.25. The van der Waals surface area contributed by atoms with Gasteiger partial charge in [0.15, 0.2) is 10.4 Å². The molecule has 3 aromatic rings. The van der Waals surface area contributed by atoms with Gasteiger partial charge >= 0.3 is 5.97 Å². The van der Waals surface area contributed by atoms with Crippen molar-refractivity contribution in [2.75, 3.05) is 0 Å². The topological polar surface area (TPSA) is 51.8 Å². The van der Waals surface area contributed by atoms with Gasteiger partial charge < -0.3 is 9.15 Å². The Balaban J connectivity index is 1.71. The predicted octanol–water partition coefficient (Wildman–Crippen LogP) is 5.30. The van der Waals surface area contributed by atoms with E-state index >= 15 is 0 Å². The summed E-state index contributed by atoms with van der Waals surface area (Å²) in [5.41, 5.74) is 0.958. The van der Waals surface area contributed by atoms with Crippen LogP contribution in [0.4, 0.5) is 0 Å². The lowest BCUT2D eigenvalue weighted by Crippen LogP contribution is -2.05. The van der Waals surface area contributed by atoms with Crippen molar-refractivity contribution in [1.82, 2.24) is 0 Å². The summed E-state index contributed by atoms with van der Waals surface area (Å²) in [7, 11) is 0. The third-order valence-electron chi connectivity index (χ3n) is 3.56. The molecule has 0 saturated heterocycles. The lowest BCUT2D eigenvalue weighted by molar-refractivity contribution is -0.129. The quantitative estimate of drug-likeness (QED) is 0.396. The standard InChI is InChI=1S/C18H9Br2NO3/c19-14-8-13(23-16(14)20)9-15-18(22)24-17(21-15)12-6-5-10-3-1-2-4-11(10)7-12/h1-9H. The maximum atomic E-state index is 12.0. The maximum absolute atomic E-state index is 12.0. The highest BCUT2D eigenvalue weighted by atomic mass is 79.9. The summed E-state index contributed by atoms with van der Waals surface area (Å²) in [6.07, 6.45) is 1.55. The molecule has 24 heavy (non-hydrogen) atoms. The molecule has 118 valence electrons. The number of nitrogens with zero attached hydrogens (tertiary/aromatic N) is 1. The number of carbonyl (C=O) groups excluding carboxylic acids is 1. The van der Waals surface area contributed by atoms with Gasteiger partial charge in [-0.25, -0.2) is 9.79 Å². The molecule has 1 aromatic heterocycles. The summed E-state index contributed by atoms with van der Waals surface area (Å²) in [5, 5.41) is 2.18. The minimum absolute atomic E-state index is 0.201. The number of fused-ring (bicyclic) bond motifs is 1. The second kappa shape index (κ2) is 6.03. The molecule has 1 aliphatic rings. The summed E-state index contributed by atoms with van der Waals surface area (Å²) >= 11 is 6.59. The van der Waals surface area contributed by atoms with Crippen LogP contribution >= 0.6 is 31.9 Å². The van der Waals surface area contributed by atoms with E-state index in [0.29, 0.717) is 16.3 Å². The summed E-state index contributed by atoms with van der Waals surface area (Å²) in [6.45, 7) is 0. The van der Waals surface area contributed by atoms with Crippen LogP contribution in [0.2, 0.25) is 0 Å². The van der Waals surface area contributed by atoms with E-state index in [1.807, 2.05) is 42.5 Å². The first kappa shape index (κ1) is 15.4. The van der Waals surface area contributed by atoms with E-state index in [1.54, 1.807) is 12.1 Å². The van der Waals surface area contributed by atoms with Crippen molar-refractivity contribution in [3.8, 4) is 0 Å². The molecule has 0 bridgehead atoms. The number of carbonyl (C=O) groups is 1. The van der Waals surface area contributed by atoms with Gasteiger partial charge in [-0.3, -0.25) is 0 Å². The van der Waals surface area contributed by atoms with Crippen molar-refractivity contribution in [2.24, 2.45) is 4.99 Å². The van der Waals surface area contributed by atoms with Gasteiger partial charge in [0.05, 0.1) is 4.47 Å². The van der Waals surface area contributed by atoms with E-state index in [4.69, 9.17) is 9.15 Å². The molecule has 2 aromatic carbocycles. The van der Waals surface area contributed by atoms with Crippen molar-refractivity contribution in [1.29, 1.82) is 0 Å². The minimum Gasteiger partial charge on any atom is -0.449 e. The Morgan fingerprint density at radius 1 is 1.00 bits per heavy atom. The van der Waals surface area contributed by atoms with Gasteiger partial charge in [-0.1, -0.05) is 30.3 Å². The predicted molar refractivity (Wildman–Crippen MR) is 98.7 cm³/mol. The highest BCUT2D eigenvalue weighted by Crippen LogP contribution is 2.29. The lowest BCUT2D eigenvalue weighted by atomic mass is 10.1. The molecule has 0 N–H and O–H groups in total. The fourth-order valence-electron chi connectivity index (χ4n) is 2.42. The van der Waals surface area contributed by atoms with Crippen LogP contribution in [-0.4, -0.2) is 11.9 Å². The number of esters is 1. The number of aliphatic imine (C=N–C) groups is 1. The number of hydrogen-bond donors (Lipinski definition) is 0. The summed E-state index contributed by atoms with van der Waals surface area (Å²) in [6, 6.07) is 15.5. The summed E-state index contributed by atoms with van der Waals surface area (Å²) in [4.78, 5) is 16.3. The van der Waals surface area contributed by atoms with E-state index in [0.717, 1.165) is 20.8 Å². The fraction of sp³-hybridized carbons (Fsp3) is 0. The molecule has 0 saturated carbocycles. The second-order valence-electron chi connectivity index (χ2n) is 5.17. The first-order valence-corrected chi connectivity index (χ1v) is 8.65. The molecule has 0 atom stereocenters. The number of rotatable bonds is 2. The molecule has 2 heterocycles. The Morgan fingerprint density at radius 3 is 2.54 bits per heavy atom. The number of hydrogen-bond acceptors (Lipinski definition) is 4. The maximum Gasteiger partial charge on any atom is 0.363 e. The van der Waals surface area contributed by atoms with Crippen LogP contribution < -0.4 is 0 Å². The molecular formula is C18H9Br2NO3. The summed E-state index contributed by atoms with van der Waals surface area (Å²) < 4.78 is 12.1. The number of benzene rings is 2. The zero-order valence-corrected chi connectivity index (χ0v) is 15.3. The van der Waals surface area contributed by atoms with Crippen molar-refractivity contribution in [3.63, 3.8) is 0 Å². The number of ether oxygens (including phenoxy) is 1. The van der Waals surface area contributed by atoms with E-state index in [-0.39, 0.29) is 5.70 Å². The van der Waals surface area contributed by atoms with Gasteiger partial charge in [0.25, 0.3) is 0 Å². The molecule has 1 aliphatic heterocycles. The van der Waals surface area contributed by atoms with Crippen LogP contribution in [0.1, 0.15) is 11.3 Å². The molecule has 0 radical (unpaired) electrons. The first-order valence-electron chi connectivity index (χ1n) is 7.07. The fourth-order valence-corrected chi connectivity index (χ4v) is 3.03. The number of furan rings is 1. The highest BCUT2D eigenvalue weighted by molar-refractivity contribution is 9.13.